The van der Waals surface area contributed by atoms with E-state index < -0.39 is 0 Å². The fourth-order valence-corrected chi connectivity index (χ4v) is 3.25. The molecule has 0 aromatic heterocycles. The third-order valence-corrected chi connectivity index (χ3v) is 4.77. The third kappa shape index (κ3) is 4.75. The minimum absolute atomic E-state index is 0.533. The van der Waals surface area contributed by atoms with Gasteiger partial charge >= 0.3 is 0 Å². The van der Waals surface area contributed by atoms with Crippen LogP contribution in [0.1, 0.15) is 38.5 Å². The first-order valence-corrected chi connectivity index (χ1v) is 7.30. The highest BCUT2D eigenvalue weighted by atomic mass is 32.2. The lowest BCUT2D eigenvalue weighted by atomic mass is 9.88. The largest absolute Gasteiger partial charge is 0.385 e. The summed E-state index contributed by atoms with van der Waals surface area (Å²) in [5, 5.41) is 3.58. The van der Waals surface area contributed by atoms with E-state index in [1.54, 1.807) is 7.11 Å². The second-order valence-electron chi connectivity index (χ2n) is 4.47. The third-order valence-electron chi connectivity index (χ3n) is 3.35. The van der Waals surface area contributed by atoms with Crippen LogP contribution in [-0.4, -0.2) is 37.8 Å². The predicted octanol–water partition coefficient (Wildman–Crippen LogP) is 2.68. The van der Waals surface area contributed by atoms with Gasteiger partial charge in [0.25, 0.3) is 0 Å². The van der Waals surface area contributed by atoms with Crippen molar-refractivity contribution in [3.63, 3.8) is 0 Å². The van der Waals surface area contributed by atoms with Crippen LogP contribution < -0.4 is 5.32 Å². The van der Waals surface area contributed by atoms with Crippen molar-refractivity contribution in [1.29, 1.82) is 0 Å². The molecule has 1 saturated carbocycles. The van der Waals surface area contributed by atoms with Crippen molar-refractivity contribution in [3.8, 4) is 0 Å². The lowest BCUT2D eigenvalue weighted by molar-refractivity contribution is 0.193. The molecule has 0 bridgehead atoms. The number of ether oxygens (including phenoxy) is 1. The van der Waals surface area contributed by atoms with Gasteiger partial charge < -0.3 is 10.1 Å². The smallest absolute Gasteiger partial charge is 0.0474 e. The van der Waals surface area contributed by atoms with Crippen molar-refractivity contribution in [2.24, 2.45) is 0 Å². The lowest BCUT2D eigenvalue weighted by Crippen LogP contribution is -2.39. The molecule has 0 radical (unpaired) electrons. The quantitative estimate of drug-likeness (QED) is 0.681. The molecule has 1 rings (SSSR count). The van der Waals surface area contributed by atoms with Crippen LogP contribution in [0.5, 0.6) is 0 Å². The van der Waals surface area contributed by atoms with Gasteiger partial charge in [0.1, 0.15) is 0 Å². The van der Waals surface area contributed by atoms with Crippen LogP contribution in [-0.2, 0) is 4.74 Å². The first-order valence-electron chi connectivity index (χ1n) is 6.08. The maximum absolute atomic E-state index is 5.04. The molecular formula is C12H25NOS. The summed E-state index contributed by atoms with van der Waals surface area (Å²) in [7, 11) is 1.77. The Morgan fingerprint density at radius 2 is 2.00 bits per heavy atom. The molecule has 0 unspecified atom stereocenters. The Hall–Kier alpha value is 0.270. The highest BCUT2D eigenvalue weighted by Crippen LogP contribution is 2.37. The monoisotopic (exact) mass is 231 g/mol. The lowest BCUT2D eigenvalue weighted by Gasteiger charge is -2.36. The van der Waals surface area contributed by atoms with Crippen molar-refractivity contribution >= 4 is 11.8 Å². The summed E-state index contributed by atoms with van der Waals surface area (Å²) in [6.07, 6.45) is 10.5. The van der Waals surface area contributed by atoms with Gasteiger partial charge in [0, 0.05) is 25.0 Å². The summed E-state index contributed by atoms with van der Waals surface area (Å²) in [4.78, 5) is 0. The Morgan fingerprint density at radius 1 is 1.27 bits per heavy atom. The van der Waals surface area contributed by atoms with Crippen molar-refractivity contribution < 1.29 is 4.74 Å². The van der Waals surface area contributed by atoms with Crippen LogP contribution in [0.3, 0.4) is 0 Å². The summed E-state index contributed by atoms with van der Waals surface area (Å²) in [6.45, 7) is 3.15. The molecular weight excluding hydrogens is 206 g/mol. The topological polar surface area (TPSA) is 21.3 Å². The van der Waals surface area contributed by atoms with Gasteiger partial charge in [0.2, 0.25) is 0 Å². The van der Waals surface area contributed by atoms with Crippen molar-refractivity contribution in [2.45, 2.75) is 43.3 Å². The van der Waals surface area contributed by atoms with Gasteiger partial charge in [0.05, 0.1) is 0 Å². The molecule has 0 heterocycles. The van der Waals surface area contributed by atoms with E-state index in [1.807, 2.05) is 0 Å². The van der Waals surface area contributed by atoms with Gasteiger partial charge in [-0.2, -0.15) is 11.8 Å². The second-order valence-corrected chi connectivity index (χ2v) is 5.75. The van der Waals surface area contributed by atoms with Gasteiger partial charge in [-0.25, -0.2) is 0 Å². The van der Waals surface area contributed by atoms with Gasteiger partial charge in [0.15, 0.2) is 0 Å². The molecule has 0 spiro atoms. The average molecular weight is 231 g/mol. The minimum atomic E-state index is 0.533. The standard InChI is InChI=1S/C12H25NOS/c1-14-10-6-9-13-11-12(15-2)7-4-3-5-8-12/h13H,3-11H2,1-2H3. The maximum Gasteiger partial charge on any atom is 0.0474 e. The van der Waals surface area contributed by atoms with Crippen molar-refractivity contribution in [1.82, 2.24) is 5.32 Å². The molecule has 0 saturated heterocycles. The zero-order valence-electron chi connectivity index (χ0n) is 10.2. The molecule has 15 heavy (non-hydrogen) atoms. The molecule has 0 aromatic rings. The zero-order valence-corrected chi connectivity index (χ0v) is 11.0. The highest BCUT2D eigenvalue weighted by molar-refractivity contribution is 8.00. The highest BCUT2D eigenvalue weighted by Gasteiger charge is 2.30. The second kappa shape index (κ2) is 7.53. The van der Waals surface area contributed by atoms with E-state index >= 15 is 0 Å². The Morgan fingerprint density at radius 3 is 2.60 bits per heavy atom. The number of hydrogen-bond acceptors (Lipinski definition) is 3. The van der Waals surface area contributed by atoms with Gasteiger partial charge in [-0.05, 0) is 32.1 Å². The Bertz CT molecular complexity index is 158. The molecule has 0 amide bonds. The first kappa shape index (κ1) is 13.3. The van der Waals surface area contributed by atoms with E-state index in [1.165, 1.54) is 38.6 Å². The number of nitrogens with one attached hydrogen (secondary N) is 1. The average Bonchev–Trinajstić information content (AvgIpc) is 2.30. The van der Waals surface area contributed by atoms with Crippen molar-refractivity contribution in [2.75, 3.05) is 33.1 Å². The van der Waals surface area contributed by atoms with Gasteiger partial charge in [-0.15, -0.1) is 0 Å². The minimum Gasteiger partial charge on any atom is -0.385 e. The molecule has 1 aliphatic rings. The normalized spacial score (nSPS) is 20.4. The van der Waals surface area contributed by atoms with E-state index in [0.717, 1.165) is 19.6 Å². The molecule has 1 fully saturated rings. The molecule has 1 N–H and O–H groups in total. The van der Waals surface area contributed by atoms with Crippen LogP contribution in [0.2, 0.25) is 0 Å². The predicted molar refractivity (Wildman–Crippen MR) is 68.7 cm³/mol. The SMILES string of the molecule is COCCCNCC1(SC)CCCCC1. The van der Waals surface area contributed by atoms with Crippen LogP contribution in [0, 0.1) is 0 Å². The summed E-state index contributed by atoms with van der Waals surface area (Å²) in [6, 6.07) is 0. The van der Waals surface area contributed by atoms with Crippen LogP contribution in [0.4, 0.5) is 0 Å². The molecule has 0 atom stereocenters. The van der Waals surface area contributed by atoms with E-state index in [9.17, 15) is 0 Å². The van der Waals surface area contributed by atoms with Gasteiger partial charge in [-0.1, -0.05) is 19.3 Å². The molecule has 3 heteroatoms. The molecule has 90 valence electrons. The van der Waals surface area contributed by atoms with Crippen LogP contribution in [0.15, 0.2) is 0 Å². The van der Waals surface area contributed by atoms with Crippen molar-refractivity contribution in [3.05, 3.63) is 0 Å². The van der Waals surface area contributed by atoms with Gasteiger partial charge in [-0.3, -0.25) is 0 Å². The van der Waals surface area contributed by atoms with E-state index in [2.05, 4.69) is 23.3 Å². The number of hydrogen-bond donors (Lipinski definition) is 1. The number of thioether (sulfide) groups is 1. The van der Waals surface area contributed by atoms with E-state index in [4.69, 9.17) is 4.74 Å². The summed E-state index contributed by atoms with van der Waals surface area (Å²) >= 11 is 2.06. The van der Waals surface area contributed by atoms with E-state index in [-0.39, 0.29) is 0 Å². The molecule has 0 aromatic carbocycles. The van der Waals surface area contributed by atoms with Crippen LogP contribution >= 0.6 is 11.8 Å². The molecule has 2 nitrogen and oxygen atoms in total. The number of rotatable bonds is 7. The molecule has 1 aliphatic carbocycles. The fourth-order valence-electron chi connectivity index (χ4n) is 2.31. The Labute approximate surface area is 98.5 Å². The summed E-state index contributed by atoms with van der Waals surface area (Å²) in [5.41, 5.74) is 0. The maximum atomic E-state index is 5.04. The zero-order chi connectivity index (χ0) is 11.0. The fraction of sp³-hybridized carbons (Fsp3) is 1.00. The number of methoxy groups -OCH3 is 1. The Kier molecular flexibility index (Phi) is 6.69. The first-order chi connectivity index (χ1) is 7.33. The molecule has 0 aliphatic heterocycles. The summed E-state index contributed by atoms with van der Waals surface area (Å²) < 4.78 is 5.57. The summed E-state index contributed by atoms with van der Waals surface area (Å²) in [5.74, 6) is 0. The van der Waals surface area contributed by atoms with E-state index in [0.29, 0.717) is 4.75 Å². The Balaban J connectivity index is 2.15. The van der Waals surface area contributed by atoms with Crippen LogP contribution in [0.25, 0.3) is 0 Å².